The van der Waals surface area contributed by atoms with Gasteiger partial charge in [0.1, 0.15) is 11.5 Å². The minimum Gasteiger partial charge on any atom is -0.346 e. The lowest BCUT2D eigenvalue weighted by atomic mass is 10.0. The molecule has 0 radical (unpaired) electrons. The van der Waals surface area contributed by atoms with Gasteiger partial charge in [-0.3, -0.25) is 9.52 Å². The molecule has 33 heavy (non-hydrogen) atoms. The molecule has 0 fully saturated rings. The Morgan fingerprint density at radius 2 is 1.82 bits per heavy atom. The number of aromatic nitrogens is 1. The minimum atomic E-state index is -4.57. The van der Waals surface area contributed by atoms with E-state index < -0.39 is 39.7 Å². The number of sulfonamides is 1. The highest BCUT2D eigenvalue weighted by Crippen LogP contribution is 2.29. The molecule has 1 heterocycles. The molecule has 2 aromatic rings. The van der Waals surface area contributed by atoms with Crippen LogP contribution in [0.1, 0.15) is 49.3 Å². The molecule has 0 unspecified atom stereocenters. The molecular weight excluding hydrogens is 462 g/mol. The van der Waals surface area contributed by atoms with Gasteiger partial charge in [0.15, 0.2) is 0 Å². The average molecular weight is 488 g/mol. The van der Waals surface area contributed by atoms with E-state index in [9.17, 15) is 30.8 Å². The number of anilines is 1. The van der Waals surface area contributed by atoms with Gasteiger partial charge in [0.25, 0.3) is 0 Å². The summed E-state index contributed by atoms with van der Waals surface area (Å²) in [6.07, 6.45) is -0.821. The first-order valence-corrected chi connectivity index (χ1v) is 11.9. The maximum atomic E-state index is 14.2. The smallest absolute Gasteiger partial charge is 0.346 e. The fourth-order valence-corrected chi connectivity index (χ4v) is 3.53. The van der Waals surface area contributed by atoms with Gasteiger partial charge in [0.05, 0.1) is 18.0 Å². The second-order valence-electron chi connectivity index (χ2n) is 8.01. The third-order valence-electron chi connectivity index (χ3n) is 4.46. The molecule has 0 aliphatic rings. The standard InChI is InChI=1S/C22H25F4N3O3S/c1-13(2)11-19-15(6-9-20(28-19)22(24,25)26)7-10-21(30)27-14(3)16-5-8-18(17(23)12-16)29-33(4,31)32/h5-10,12-14,29H,11H2,1-4H3,(H,27,30)/b10-7+/t14-/m1/s1. The van der Waals surface area contributed by atoms with Crippen LogP contribution in [0.25, 0.3) is 6.08 Å². The van der Waals surface area contributed by atoms with Gasteiger partial charge < -0.3 is 5.32 Å². The Morgan fingerprint density at radius 1 is 1.15 bits per heavy atom. The van der Waals surface area contributed by atoms with Gasteiger partial charge in [0, 0.05) is 11.8 Å². The molecule has 1 atom stereocenters. The van der Waals surface area contributed by atoms with E-state index in [4.69, 9.17) is 0 Å². The Morgan fingerprint density at radius 3 is 2.36 bits per heavy atom. The first-order chi connectivity index (χ1) is 15.2. The van der Waals surface area contributed by atoms with Crippen molar-refractivity contribution in [1.29, 1.82) is 0 Å². The Kier molecular flexibility index (Phi) is 8.23. The Labute approximate surface area is 190 Å². The fourth-order valence-electron chi connectivity index (χ4n) is 2.97. The third-order valence-corrected chi connectivity index (χ3v) is 5.05. The summed E-state index contributed by atoms with van der Waals surface area (Å²) in [5, 5.41) is 2.63. The topological polar surface area (TPSA) is 88.2 Å². The van der Waals surface area contributed by atoms with Crippen LogP contribution in [0.5, 0.6) is 0 Å². The van der Waals surface area contributed by atoms with Gasteiger partial charge in [-0.25, -0.2) is 17.8 Å². The number of pyridine rings is 1. The molecule has 11 heteroatoms. The molecule has 2 N–H and O–H groups in total. The summed E-state index contributed by atoms with van der Waals surface area (Å²) in [6, 6.07) is 5.32. The van der Waals surface area contributed by atoms with Crippen LogP contribution in [0.2, 0.25) is 0 Å². The van der Waals surface area contributed by atoms with Crippen molar-refractivity contribution in [1.82, 2.24) is 10.3 Å². The molecule has 0 aliphatic carbocycles. The molecular formula is C22H25F4N3O3S. The molecule has 2 rings (SSSR count). The van der Waals surface area contributed by atoms with Crippen molar-refractivity contribution < 1.29 is 30.8 Å². The quantitative estimate of drug-likeness (QED) is 0.417. The monoisotopic (exact) mass is 487 g/mol. The van der Waals surface area contributed by atoms with Crippen LogP contribution in [-0.2, 0) is 27.4 Å². The predicted octanol–water partition coefficient (Wildman–Crippen LogP) is 4.70. The van der Waals surface area contributed by atoms with Crippen molar-refractivity contribution in [3.63, 3.8) is 0 Å². The molecule has 0 aliphatic heterocycles. The summed E-state index contributed by atoms with van der Waals surface area (Å²) in [5.74, 6) is -1.29. The lowest BCUT2D eigenvalue weighted by Crippen LogP contribution is -2.24. The van der Waals surface area contributed by atoms with E-state index in [1.807, 2.05) is 18.6 Å². The summed E-state index contributed by atoms with van der Waals surface area (Å²) in [6.45, 7) is 5.30. The fraction of sp³-hybridized carbons (Fsp3) is 0.364. The predicted molar refractivity (Wildman–Crippen MR) is 118 cm³/mol. The van der Waals surface area contributed by atoms with E-state index in [0.29, 0.717) is 17.5 Å². The first kappa shape index (κ1) is 26.3. The number of nitrogens with one attached hydrogen (secondary N) is 2. The molecule has 0 saturated carbocycles. The number of alkyl halides is 3. The molecule has 6 nitrogen and oxygen atoms in total. The minimum absolute atomic E-state index is 0.0528. The summed E-state index contributed by atoms with van der Waals surface area (Å²) in [5.41, 5.74) is -0.198. The second kappa shape index (κ2) is 10.3. The van der Waals surface area contributed by atoms with E-state index in [1.165, 1.54) is 30.4 Å². The summed E-state index contributed by atoms with van der Waals surface area (Å²) in [4.78, 5) is 16.0. The van der Waals surface area contributed by atoms with Crippen LogP contribution in [0.15, 0.2) is 36.4 Å². The lowest BCUT2D eigenvalue weighted by molar-refractivity contribution is -0.141. The van der Waals surface area contributed by atoms with E-state index in [0.717, 1.165) is 18.4 Å². The van der Waals surface area contributed by atoms with Gasteiger partial charge in [-0.15, -0.1) is 0 Å². The average Bonchev–Trinajstić information content (AvgIpc) is 2.66. The zero-order valence-corrected chi connectivity index (χ0v) is 19.3. The van der Waals surface area contributed by atoms with Gasteiger partial charge in [-0.2, -0.15) is 13.2 Å². The van der Waals surface area contributed by atoms with Crippen molar-refractivity contribution in [2.24, 2.45) is 5.92 Å². The normalized spacial score (nSPS) is 13.4. The van der Waals surface area contributed by atoms with Crippen LogP contribution in [0.4, 0.5) is 23.2 Å². The second-order valence-corrected chi connectivity index (χ2v) is 9.75. The maximum Gasteiger partial charge on any atom is 0.433 e. The van der Waals surface area contributed by atoms with E-state index in [-0.39, 0.29) is 17.3 Å². The van der Waals surface area contributed by atoms with Crippen LogP contribution >= 0.6 is 0 Å². The number of rotatable bonds is 8. The van der Waals surface area contributed by atoms with Crippen LogP contribution in [-0.4, -0.2) is 25.6 Å². The van der Waals surface area contributed by atoms with Gasteiger partial charge in [-0.1, -0.05) is 26.0 Å². The molecule has 0 bridgehead atoms. The van der Waals surface area contributed by atoms with Crippen LogP contribution in [0.3, 0.4) is 0 Å². The Hall–Kier alpha value is -2.95. The van der Waals surface area contributed by atoms with Gasteiger partial charge in [0.2, 0.25) is 15.9 Å². The van der Waals surface area contributed by atoms with Gasteiger partial charge >= 0.3 is 6.18 Å². The number of hydrogen-bond donors (Lipinski definition) is 2. The SMILES string of the molecule is CC(C)Cc1nc(C(F)(F)F)ccc1/C=C/C(=O)N[C@H](C)c1ccc(NS(C)(=O)=O)c(F)c1. The first-order valence-electron chi connectivity index (χ1n) is 9.98. The van der Waals surface area contributed by atoms with Crippen molar-refractivity contribution in [2.45, 2.75) is 39.4 Å². The maximum absolute atomic E-state index is 14.2. The van der Waals surface area contributed by atoms with E-state index >= 15 is 0 Å². The third kappa shape index (κ3) is 8.16. The number of amides is 1. The molecule has 1 amide bonds. The number of carbonyl (C=O) groups excluding carboxylic acids is 1. The highest BCUT2D eigenvalue weighted by atomic mass is 32.2. The number of nitrogens with zero attached hydrogens (tertiary/aromatic N) is 1. The van der Waals surface area contributed by atoms with Crippen molar-refractivity contribution in [2.75, 3.05) is 11.0 Å². The lowest BCUT2D eigenvalue weighted by Gasteiger charge is -2.15. The van der Waals surface area contributed by atoms with Crippen molar-refractivity contribution >= 4 is 27.7 Å². The zero-order valence-electron chi connectivity index (χ0n) is 18.5. The number of hydrogen-bond acceptors (Lipinski definition) is 4. The number of benzene rings is 1. The molecule has 0 saturated heterocycles. The molecule has 1 aromatic carbocycles. The largest absolute Gasteiger partial charge is 0.433 e. The van der Waals surface area contributed by atoms with Gasteiger partial charge in [-0.05, 0) is 54.7 Å². The summed E-state index contributed by atoms with van der Waals surface area (Å²) < 4.78 is 77.7. The zero-order chi connectivity index (χ0) is 25.0. The molecule has 1 aromatic heterocycles. The Balaban J connectivity index is 2.15. The highest BCUT2D eigenvalue weighted by Gasteiger charge is 2.32. The molecule has 180 valence electrons. The van der Waals surface area contributed by atoms with Crippen LogP contribution < -0.4 is 10.0 Å². The Bertz CT molecular complexity index is 1150. The number of carbonyl (C=O) groups is 1. The van der Waals surface area contributed by atoms with Crippen molar-refractivity contribution in [3.8, 4) is 0 Å². The van der Waals surface area contributed by atoms with E-state index in [1.54, 1.807) is 6.92 Å². The number of halogens is 4. The van der Waals surface area contributed by atoms with Crippen LogP contribution in [0, 0.1) is 11.7 Å². The summed E-state index contributed by atoms with van der Waals surface area (Å²) in [7, 11) is -3.64. The molecule has 0 spiro atoms. The van der Waals surface area contributed by atoms with Crippen molar-refractivity contribution in [3.05, 3.63) is 64.7 Å². The highest BCUT2D eigenvalue weighted by molar-refractivity contribution is 7.92. The summed E-state index contributed by atoms with van der Waals surface area (Å²) >= 11 is 0. The van der Waals surface area contributed by atoms with E-state index in [2.05, 4.69) is 10.3 Å².